The summed E-state index contributed by atoms with van der Waals surface area (Å²) in [5.41, 5.74) is 2.72. The molecule has 0 radical (unpaired) electrons. The Morgan fingerprint density at radius 3 is 2.58 bits per heavy atom. The minimum atomic E-state index is -0.207. The zero-order valence-corrected chi connectivity index (χ0v) is 19.7. The fraction of sp³-hybridized carbons (Fsp3) is 0.417. The molecule has 0 aliphatic carbocycles. The third kappa shape index (κ3) is 4.68. The quantitative estimate of drug-likeness (QED) is 0.320. The number of benzene rings is 1. The van der Waals surface area contributed by atoms with Crippen LogP contribution >= 0.6 is 0 Å². The van der Waals surface area contributed by atoms with Gasteiger partial charge in [-0.3, -0.25) is 14.1 Å². The fourth-order valence-electron chi connectivity index (χ4n) is 4.15. The third-order valence-corrected chi connectivity index (χ3v) is 5.97. The molecule has 0 aliphatic rings. The lowest BCUT2D eigenvalue weighted by Gasteiger charge is -2.27. The van der Waals surface area contributed by atoms with Crippen LogP contribution in [0.3, 0.4) is 0 Å². The molecular weight excluding hydrogens is 416 g/mol. The van der Waals surface area contributed by atoms with E-state index in [0.29, 0.717) is 41.4 Å². The van der Waals surface area contributed by atoms with Crippen LogP contribution in [0.15, 0.2) is 41.3 Å². The predicted molar refractivity (Wildman–Crippen MR) is 133 cm³/mol. The lowest BCUT2D eigenvalue weighted by atomic mass is 10.1. The number of aryl methyl sites for hydroxylation is 1. The summed E-state index contributed by atoms with van der Waals surface area (Å²) < 4.78 is 1.84. The zero-order chi connectivity index (χ0) is 23.4. The Morgan fingerprint density at radius 2 is 1.88 bits per heavy atom. The molecule has 1 atom stereocenters. The molecule has 0 spiro atoms. The number of aromatic amines is 1. The highest BCUT2D eigenvalue weighted by atomic mass is 16.1. The first-order chi connectivity index (χ1) is 16.0. The summed E-state index contributed by atoms with van der Waals surface area (Å²) in [7, 11) is 0. The van der Waals surface area contributed by atoms with Gasteiger partial charge in [0.25, 0.3) is 5.56 Å². The summed E-state index contributed by atoms with van der Waals surface area (Å²) in [6.45, 7) is 10.9. The van der Waals surface area contributed by atoms with Gasteiger partial charge >= 0.3 is 0 Å². The van der Waals surface area contributed by atoms with Crippen molar-refractivity contribution < 1.29 is 0 Å². The standard InChI is InChI=1S/C24H32N8O/c1-5-19-26-15-18-23(33)28-20-21(25-14-13-17-11-9-8-10-12-17)29-24(30-22(20)32(18)19)27-16(4)31(6-2)7-3/h8-12,15-16H,5-7,13-14H2,1-4H3,(H,28,33)(H2,25,27,29,30). The van der Waals surface area contributed by atoms with E-state index in [-0.39, 0.29) is 11.7 Å². The van der Waals surface area contributed by atoms with Crippen LogP contribution in [0, 0.1) is 0 Å². The number of H-pyrrole nitrogens is 1. The van der Waals surface area contributed by atoms with Gasteiger partial charge in [0.15, 0.2) is 11.5 Å². The average Bonchev–Trinajstić information content (AvgIpc) is 3.26. The Balaban J connectivity index is 1.77. The smallest absolute Gasteiger partial charge is 0.274 e. The van der Waals surface area contributed by atoms with E-state index in [0.717, 1.165) is 25.3 Å². The minimum absolute atomic E-state index is 0.0568. The Labute approximate surface area is 193 Å². The fourth-order valence-corrected chi connectivity index (χ4v) is 4.15. The van der Waals surface area contributed by atoms with E-state index in [1.54, 1.807) is 6.20 Å². The van der Waals surface area contributed by atoms with E-state index in [4.69, 9.17) is 9.97 Å². The lowest BCUT2D eigenvalue weighted by Crippen LogP contribution is -2.38. The second-order valence-electron chi connectivity index (χ2n) is 8.00. The number of nitrogens with zero attached hydrogens (tertiary/aromatic N) is 5. The van der Waals surface area contributed by atoms with E-state index in [2.05, 4.69) is 58.4 Å². The lowest BCUT2D eigenvalue weighted by molar-refractivity contribution is 0.252. The molecule has 3 N–H and O–H groups in total. The monoisotopic (exact) mass is 448 g/mol. The second-order valence-corrected chi connectivity index (χ2v) is 8.00. The average molecular weight is 449 g/mol. The second kappa shape index (κ2) is 9.99. The molecule has 0 saturated carbocycles. The van der Waals surface area contributed by atoms with Crippen LogP contribution in [0.1, 0.15) is 39.1 Å². The summed E-state index contributed by atoms with van der Waals surface area (Å²) in [6.07, 6.45) is 3.18. The number of anilines is 2. The number of hydrogen-bond donors (Lipinski definition) is 3. The van der Waals surface area contributed by atoms with E-state index < -0.39 is 0 Å². The van der Waals surface area contributed by atoms with Crippen molar-refractivity contribution in [3.05, 3.63) is 58.3 Å². The molecule has 0 saturated heterocycles. The van der Waals surface area contributed by atoms with E-state index in [1.807, 2.05) is 29.5 Å². The van der Waals surface area contributed by atoms with Gasteiger partial charge < -0.3 is 15.6 Å². The Morgan fingerprint density at radius 1 is 1.12 bits per heavy atom. The number of hydrogen-bond acceptors (Lipinski definition) is 7. The first-order valence-electron chi connectivity index (χ1n) is 11.6. The number of fused-ring (bicyclic) bond motifs is 3. The van der Waals surface area contributed by atoms with Crippen LogP contribution in [-0.2, 0) is 12.8 Å². The summed E-state index contributed by atoms with van der Waals surface area (Å²) in [5, 5.41) is 6.85. The first kappa shape index (κ1) is 22.7. The molecule has 9 nitrogen and oxygen atoms in total. The molecule has 174 valence electrons. The number of aromatic nitrogens is 5. The maximum Gasteiger partial charge on any atom is 0.274 e. The molecule has 0 fully saturated rings. The van der Waals surface area contributed by atoms with E-state index in [1.165, 1.54) is 5.56 Å². The molecule has 0 bridgehead atoms. The van der Waals surface area contributed by atoms with Crippen LogP contribution in [0.4, 0.5) is 11.8 Å². The topological polar surface area (TPSA) is 103 Å². The van der Waals surface area contributed by atoms with Gasteiger partial charge in [0.05, 0.1) is 12.4 Å². The van der Waals surface area contributed by atoms with E-state index >= 15 is 0 Å². The molecule has 33 heavy (non-hydrogen) atoms. The van der Waals surface area contributed by atoms with Crippen LogP contribution in [0.2, 0.25) is 0 Å². The van der Waals surface area contributed by atoms with Crippen molar-refractivity contribution in [3.8, 4) is 0 Å². The van der Waals surface area contributed by atoms with E-state index in [9.17, 15) is 4.79 Å². The van der Waals surface area contributed by atoms with Gasteiger partial charge in [-0.05, 0) is 32.0 Å². The van der Waals surface area contributed by atoms with Crippen molar-refractivity contribution in [3.63, 3.8) is 0 Å². The molecule has 3 aromatic heterocycles. The normalized spacial score (nSPS) is 12.5. The van der Waals surface area contributed by atoms with Crippen molar-refractivity contribution in [2.24, 2.45) is 0 Å². The highest BCUT2D eigenvalue weighted by Gasteiger charge is 2.18. The largest absolute Gasteiger partial charge is 0.368 e. The summed E-state index contributed by atoms with van der Waals surface area (Å²) in [5.74, 6) is 1.89. The van der Waals surface area contributed by atoms with Gasteiger partial charge in [-0.15, -0.1) is 0 Å². The Bertz CT molecular complexity index is 1280. The Hall–Kier alpha value is -3.46. The summed E-state index contributed by atoms with van der Waals surface area (Å²) in [6, 6.07) is 10.3. The van der Waals surface area contributed by atoms with Crippen molar-refractivity contribution >= 4 is 28.4 Å². The van der Waals surface area contributed by atoms with Crippen LogP contribution in [-0.4, -0.2) is 55.0 Å². The molecule has 1 unspecified atom stereocenters. The van der Waals surface area contributed by atoms with Gasteiger partial charge in [-0.2, -0.15) is 9.97 Å². The third-order valence-electron chi connectivity index (χ3n) is 5.97. The summed E-state index contributed by atoms with van der Waals surface area (Å²) in [4.78, 5) is 32.0. The van der Waals surface area contributed by atoms with Crippen LogP contribution < -0.4 is 16.2 Å². The van der Waals surface area contributed by atoms with Gasteiger partial charge in [0, 0.05) is 13.0 Å². The molecule has 0 aliphatic heterocycles. The van der Waals surface area contributed by atoms with Crippen molar-refractivity contribution in [2.75, 3.05) is 30.3 Å². The SMILES string of the molecule is CCc1ncc2c(=O)[nH]c3c(NCCc4ccccc4)nc(NC(C)N(CC)CC)nc3n12. The van der Waals surface area contributed by atoms with Crippen molar-refractivity contribution in [2.45, 2.75) is 46.7 Å². The van der Waals surface area contributed by atoms with Gasteiger partial charge in [-0.25, -0.2) is 4.98 Å². The molecule has 1 aromatic carbocycles. The predicted octanol–water partition coefficient (Wildman–Crippen LogP) is 3.28. The number of nitrogens with one attached hydrogen (secondary N) is 3. The highest BCUT2D eigenvalue weighted by Crippen LogP contribution is 2.22. The minimum Gasteiger partial charge on any atom is -0.368 e. The van der Waals surface area contributed by atoms with Crippen LogP contribution in [0.25, 0.3) is 16.7 Å². The molecule has 9 heteroatoms. The highest BCUT2D eigenvalue weighted by molar-refractivity contribution is 5.86. The number of imidazole rings is 1. The maximum atomic E-state index is 12.8. The zero-order valence-electron chi connectivity index (χ0n) is 19.7. The van der Waals surface area contributed by atoms with Crippen molar-refractivity contribution in [1.82, 2.24) is 29.2 Å². The molecule has 3 heterocycles. The van der Waals surface area contributed by atoms with Crippen LogP contribution in [0.5, 0.6) is 0 Å². The summed E-state index contributed by atoms with van der Waals surface area (Å²) >= 11 is 0. The molecule has 0 amide bonds. The van der Waals surface area contributed by atoms with Gasteiger partial charge in [-0.1, -0.05) is 51.1 Å². The number of rotatable bonds is 10. The molecular formula is C24H32N8O. The van der Waals surface area contributed by atoms with Crippen molar-refractivity contribution in [1.29, 1.82) is 0 Å². The molecule has 4 rings (SSSR count). The van der Waals surface area contributed by atoms with Gasteiger partial charge in [0.1, 0.15) is 16.9 Å². The molecule has 4 aromatic rings. The van der Waals surface area contributed by atoms with Gasteiger partial charge in [0.2, 0.25) is 5.95 Å². The Kier molecular flexibility index (Phi) is 6.88. The maximum absolute atomic E-state index is 12.8. The first-order valence-corrected chi connectivity index (χ1v) is 11.6.